The zero-order valence-corrected chi connectivity index (χ0v) is 13.4. The van der Waals surface area contributed by atoms with Crippen molar-refractivity contribution in [2.75, 3.05) is 19.0 Å². The molecular formula is C17H17BrN2O. The monoisotopic (exact) mass is 344 g/mol. The Morgan fingerprint density at radius 2 is 2.00 bits per heavy atom. The van der Waals surface area contributed by atoms with Crippen LogP contribution in [-0.4, -0.2) is 18.2 Å². The molecule has 0 atom stereocenters. The van der Waals surface area contributed by atoms with Crippen LogP contribution in [0.3, 0.4) is 0 Å². The van der Waals surface area contributed by atoms with Gasteiger partial charge in [-0.25, -0.2) is 0 Å². The number of anilines is 1. The number of nitrogens with one attached hydrogen (secondary N) is 1. The Kier molecular flexibility index (Phi) is 4.15. The first-order valence-electron chi connectivity index (χ1n) is 6.89. The minimum Gasteiger partial charge on any atom is -0.496 e. The highest BCUT2D eigenvalue weighted by Crippen LogP contribution is 2.26. The maximum absolute atomic E-state index is 5.39. The summed E-state index contributed by atoms with van der Waals surface area (Å²) in [6.45, 7) is 1.78. The van der Waals surface area contributed by atoms with Crippen LogP contribution in [0.1, 0.15) is 0 Å². The van der Waals surface area contributed by atoms with E-state index in [4.69, 9.17) is 4.74 Å². The molecule has 0 fully saturated rings. The molecule has 0 aliphatic carbocycles. The number of methoxy groups -OCH3 is 1. The van der Waals surface area contributed by atoms with E-state index >= 15 is 0 Å². The van der Waals surface area contributed by atoms with Gasteiger partial charge in [0.05, 0.1) is 12.6 Å². The third-order valence-electron chi connectivity index (χ3n) is 3.50. The van der Waals surface area contributed by atoms with Crippen molar-refractivity contribution in [3.63, 3.8) is 0 Å². The van der Waals surface area contributed by atoms with E-state index in [0.29, 0.717) is 0 Å². The van der Waals surface area contributed by atoms with Gasteiger partial charge in [0.25, 0.3) is 0 Å². The number of hydrogen-bond donors (Lipinski definition) is 1. The van der Waals surface area contributed by atoms with Gasteiger partial charge in [0.1, 0.15) is 5.75 Å². The Morgan fingerprint density at radius 3 is 2.81 bits per heavy atom. The molecule has 0 radical (unpaired) electrons. The summed E-state index contributed by atoms with van der Waals surface area (Å²) in [7, 11) is 1.71. The third-order valence-corrected chi connectivity index (χ3v) is 3.99. The van der Waals surface area contributed by atoms with Crippen molar-refractivity contribution in [2.45, 2.75) is 6.54 Å². The standard InChI is InChI=1S/C17H17BrN2O/c1-21-17-7-3-6-16-15(17)8-10-20(16)11-9-19-14-5-2-4-13(18)12-14/h2-8,10,12,19H,9,11H2,1H3. The second-order valence-corrected chi connectivity index (χ2v) is 5.76. The van der Waals surface area contributed by atoms with Gasteiger partial charge in [0.15, 0.2) is 0 Å². The summed E-state index contributed by atoms with van der Waals surface area (Å²) in [4.78, 5) is 0. The molecule has 0 aliphatic heterocycles. The smallest absolute Gasteiger partial charge is 0.128 e. The molecule has 0 saturated carbocycles. The van der Waals surface area contributed by atoms with Crippen molar-refractivity contribution in [3.05, 3.63) is 59.2 Å². The molecule has 3 rings (SSSR count). The first-order chi connectivity index (χ1) is 10.3. The summed E-state index contributed by atoms with van der Waals surface area (Å²) in [5.41, 5.74) is 2.32. The summed E-state index contributed by atoms with van der Waals surface area (Å²) in [6.07, 6.45) is 2.11. The number of fused-ring (bicyclic) bond motifs is 1. The molecule has 2 aromatic carbocycles. The van der Waals surface area contributed by atoms with Crippen LogP contribution in [0.2, 0.25) is 0 Å². The quantitative estimate of drug-likeness (QED) is 0.736. The molecule has 1 aromatic heterocycles. The molecule has 108 valence electrons. The minimum atomic E-state index is 0.872. The molecule has 0 amide bonds. The molecule has 1 heterocycles. The van der Waals surface area contributed by atoms with Gasteiger partial charge in [-0.2, -0.15) is 0 Å². The number of rotatable bonds is 5. The number of benzene rings is 2. The van der Waals surface area contributed by atoms with Gasteiger partial charge in [-0.15, -0.1) is 0 Å². The molecule has 1 N–H and O–H groups in total. The van der Waals surface area contributed by atoms with E-state index in [1.165, 1.54) is 5.52 Å². The summed E-state index contributed by atoms with van der Waals surface area (Å²) in [5, 5.41) is 4.59. The summed E-state index contributed by atoms with van der Waals surface area (Å²) < 4.78 is 8.72. The van der Waals surface area contributed by atoms with E-state index in [-0.39, 0.29) is 0 Å². The van der Waals surface area contributed by atoms with Gasteiger partial charge >= 0.3 is 0 Å². The molecule has 3 aromatic rings. The molecule has 21 heavy (non-hydrogen) atoms. The molecule has 3 nitrogen and oxygen atoms in total. The van der Waals surface area contributed by atoms with Gasteiger partial charge in [0.2, 0.25) is 0 Å². The van der Waals surface area contributed by atoms with Crippen LogP contribution in [0.15, 0.2) is 59.2 Å². The number of ether oxygens (including phenoxy) is 1. The summed E-state index contributed by atoms with van der Waals surface area (Å²) in [5.74, 6) is 0.922. The highest BCUT2D eigenvalue weighted by Gasteiger charge is 2.05. The Hall–Kier alpha value is -1.94. The number of hydrogen-bond acceptors (Lipinski definition) is 2. The van der Waals surface area contributed by atoms with Crippen LogP contribution < -0.4 is 10.1 Å². The van der Waals surface area contributed by atoms with Crippen molar-refractivity contribution in [2.24, 2.45) is 0 Å². The van der Waals surface area contributed by atoms with Crippen LogP contribution in [0, 0.1) is 0 Å². The first kappa shape index (κ1) is 14.0. The lowest BCUT2D eigenvalue weighted by atomic mass is 10.2. The second kappa shape index (κ2) is 6.22. The molecule has 0 unspecified atom stereocenters. The number of aromatic nitrogens is 1. The molecule has 0 saturated heterocycles. The Labute approximate surface area is 132 Å². The lowest BCUT2D eigenvalue weighted by Crippen LogP contribution is -2.09. The predicted octanol–water partition coefficient (Wildman–Crippen LogP) is 4.52. The molecule has 0 bridgehead atoms. The molecule has 0 spiro atoms. The Balaban J connectivity index is 1.71. The van der Waals surface area contributed by atoms with E-state index in [2.05, 4.69) is 56.3 Å². The fourth-order valence-corrected chi connectivity index (χ4v) is 2.89. The normalized spacial score (nSPS) is 10.8. The fourth-order valence-electron chi connectivity index (χ4n) is 2.49. The maximum atomic E-state index is 5.39. The summed E-state index contributed by atoms with van der Waals surface area (Å²) in [6, 6.07) is 16.5. The zero-order valence-electron chi connectivity index (χ0n) is 11.8. The minimum absolute atomic E-state index is 0.872. The van der Waals surface area contributed by atoms with Gasteiger partial charge in [-0.1, -0.05) is 28.1 Å². The van der Waals surface area contributed by atoms with E-state index in [1.807, 2.05) is 24.3 Å². The van der Waals surface area contributed by atoms with Gasteiger partial charge in [0, 0.05) is 34.8 Å². The van der Waals surface area contributed by atoms with Crippen molar-refractivity contribution >= 4 is 32.5 Å². The van der Waals surface area contributed by atoms with Crippen LogP contribution in [0.5, 0.6) is 5.75 Å². The fraction of sp³-hybridized carbons (Fsp3) is 0.176. The highest BCUT2D eigenvalue weighted by atomic mass is 79.9. The third kappa shape index (κ3) is 3.05. The van der Waals surface area contributed by atoms with E-state index in [9.17, 15) is 0 Å². The highest BCUT2D eigenvalue weighted by molar-refractivity contribution is 9.10. The summed E-state index contributed by atoms with van der Waals surface area (Å²) >= 11 is 3.48. The van der Waals surface area contributed by atoms with Gasteiger partial charge in [-0.05, 0) is 36.4 Å². The predicted molar refractivity (Wildman–Crippen MR) is 91.1 cm³/mol. The maximum Gasteiger partial charge on any atom is 0.128 e. The van der Waals surface area contributed by atoms with Crippen LogP contribution in [-0.2, 0) is 6.54 Å². The largest absolute Gasteiger partial charge is 0.496 e. The van der Waals surface area contributed by atoms with Crippen LogP contribution in [0.4, 0.5) is 5.69 Å². The lowest BCUT2D eigenvalue weighted by Gasteiger charge is -2.09. The average molecular weight is 345 g/mol. The Morgan fingerprint density at radius 1 is 1.14 bits per heavy atom. The average Bonchev–Trinajstić information content (AvgIpc) is 2.91. The number of nitrogens with zero attached hydrogens (tertiary/aromatic N) is 1. The van der Waals surface area contributed by atoms with E-state index in [1.54, 1.807) is 7.11 Å². The SMILES string of the molecule is COc1cccc2c1ccn2CCNc1cccc(Br)c1. The van der Waals surface area contributed by atoms with Gasteiger partial charge < -0.3 is 14.6 Å². The molecule has 4 heteroatoms. The van der Waals surface area contributed by atoms with Crippen LogP contribution in [0.25, 0.3) is 10.9 Å². The van der Waals surface area contributed by atoms with Crippen molar-refractivity contribution in [3.8, 4) is 5.75 Å². The van der Waals surface area contributed by atoms with Crippen molar-refractivity contribution in [1.82, 2.24) is 4.57 Å². The lowest BCUT2D eigenvalue weighted by molar-refractivity contribution is 0.420. The van der Waals surface area contributed by atoms with E-state index < -0.39 is 0 Å². The number of halogens is 1. The van der Waals surface area contributed by atoms with Gasteiger partial charge in [-0.3, -0.25) is 0 Å². The topological polar surface area (TPSA) is 26.2 Å². The molecule has 0 aliphatic rings. The first-order valence-corrected chi connectivity index (χ1v) is 7.68. The zero-order chi connectivity index (χ0) is 14.7. The van der Waals surface area contributed by atoms with E-state index in [0.717, 1.165) is 34.4 Å². The molecular weight excluding hydrogens is 328 g/mol. The Bertz CT molecular complexity index is 751. The van der Waals surface area contributed by atoms with Crippen LogP contribution >= 0.6 is 15.9 Å². The van der Waals surface area contributed by atoms with Crippen molar-refractivity contribution < 1.29 is 4.74 Å². The second-order valence-electron chi connectivity index (χ2n) is 4.84. The van der Waals surface area contributed by atoms with Crippen molar-refractivity contribution in [1.29, 1.82) is 0 Å².